The average Bonchev–Trinajstić information content (AvgIpc) is 3.41. The summed E-state index contributed by atoms with van der Waals surface area (Å²) in [5, 5.41) is 16.5. The van der Waals surface area contributed by atoms with E-state index in [1.54, 1.807) is 0 Å². The van der Waals surface area contributed by atoms with Crippen molar-refractivity contribution in [1.82, 2.24) is 15.5 Å². The van der Waals surface area contributed by atoms with Crippen molar-refractivity contribution in [2.24, 2.45) is 17.8 Å². The zero-order chi connectivity index (χ0) is 27.2. The number of aliphatic hydroxyl groups is 1. The van der Waals surface area contributed by atoms with Crippen molar-refractivity contribution < 1.29 is 24.2 Å². The van der Waals surface area contributed by atoms with E-state index in [9.17, 15) is 19.5 Å². The van der Waals surface area contributed by atoms with Gasteiger partial charge in [-0.15, -0.1) is 0 Å². The van der Waals surface area contributed by atoms with Crippen molar-refractivity contribution in [2.75, 3.05) is 6.61 Å². The molecule has 0 aromatic heterocycles. The van der Waals surface area contributed by atoms with Gasteiger partial charge in [0.15, 0.2) is 0 Å². The molecular weight excluding hydrogens is 482 g/mol. The summed E-state index contributed by atoms with van der Waals surface area (Å²) < 4.78 is 6.75. The molecule has 3 N–H and O–H groups in total. The van der Waals surface area contributed by atoms with E-state index in [0.29, 0.717) is 13.0 Å². The highest BCUT2D eigenvalue weighted by Crippen LogP contribution is 2.65. The van der Waals surface area contributed by atoms with Crippen molar-refractivity contribution in [2.45, 2.75) is 70.0 Å². The first-order valence-corrected chi connectivity index (χ1v) is 13.4. The summed E-state index contributed by atoms with van der Waals surface area (Å²) in [6, 6.07) is 16.9. The number of rotatable bonds is 8. The van der Waals surface area contributed by atoms with E-state index in [-0.39, 0.29) is 36.3 Å². The van der Waals surface area contributed by atoms with E-state index in [0.717, 1.165) is 11.1 Å². The van der Waals surface area contributed by atoms with E-state index in [2.05, 4.69) is 10.6 Å². The maximum atomic E-state index is 14.4. The topological polar surface area (TPSA) is 108 Å². The number of carbonyl (C=O) groups excluding carboxylic acids is 3. The van der Waals surface area contributed by atoms with E-state index in [1.807, 2.05) is 88.4 Å². The van der Waals surface area contributed by atoms with Crippen molar-refractivity contribution in [3.05, 3.63) is 71.8 Å². The van der Waals surface area contributed by atoms with Crippen LogP contribution < -0.4 is 10.6 Å². The van der Waals surface area contributed by atoms with E-state index in [4.69, 9.17) is 4.74 Å². The van der Waals surface area contributed by atoms with Gasteiger partial charge in [0.1, 0.15) is 11.6 Å². The molecule has 3 fully saturated rings. The summed E-state index contributed by atoms with van der Waals surface area (Å²) in [5.74, 6) is -2.57. The lowest BCUT2D eigenvalue weighted by atomic mass is 9.62. The van der Waals surface area contributed by atoms with Crippen LogP contribution in [0.15, 0.2) is 60.7 Å². The third kappa shape index (κ3) is 4.01. The molecule has 0 saturated carbocycles. The molecule has 2 bridgehead atoms. The molecule has 38 heavy (non-hydrogen) atoms. The van der Waals surface area contributed by atoms with Crippen molar-refractivity contribution in [3.8, 4) is 0 Å². The number of fused-ring (bicyclic) bond motifs is 1. The molecule has 0 radical (unpaired) electrons. The van der Waals surface area contributed by atoms with Crippen LogP contribution in [-0.2, 0) is 25.7 Å². The Morgan fingerprint density at radius 1 is 1.08 bits per heavy atom. The molecule has 3 amide bonds. The summed E-state index contributed by atoms with van der Waals surface area (Å²) in [6.45, 7) is 7.62. The Hall–Kier alpha value is -3.23. The molecule has 3 unspecified atom stereocenters. The summed E-state index contributed by atoms with van der Waals surface area (Å²) in [5.41, 5.74) is -0.386. The summed E-state index contributed by atoms with van der Waals surface area (Å²) >= 11 is 0. The minimum absolute atomic E-state index is 0.0578. The number of carbonyl (C=O) groups is 3. The highest BCUT2D eigenvalue weighted by molar-refractivity contribution is 5.99. The number of nitrogens with one attached hydrogen (secondary N) is 2. The molecule has 1 spiro atoms. The predicted octanol–water partition coefficient (Wildman–Crippen LogP) is 2.57. The van der Waals surface area contributed by atoms with Crippen LogP contribution in [0, 0.1) is 17.8 Å². The molecule has 2 aromatic rings. The smallest absolute Gasteiger partial charge is 0.246 e. The highest BCUT2D eigenvalue weighted by Gasteiger charge is 2.80. The minimum Gasteiger partial charge on any atom is -0.394 e. The maximum Gasteiger partial charge on any atom is 0.246 e. The molecule has 2 aromatic carbocycles. The van der Waals surface area contributed by atoms with Crippen LogP contribution in [0.1, 0.15) is 51.3 Å². The fourth-order valence-corrected chi connectivity index (χ4v) is 7.00. The Labute approximate surface area is 223 Å². The molecule has 5 rings (SSSR count). The average molecular weight is 520 g/mol. The van der Waals surface area contributed by atoms with Crippen LogP contribution in [0.2, 0.25) is 0 Å². The Kier molecular flexibility index (Phi) is 6.82. The zero-order valence-corrected chi connectivity index (χ0v) is 22.4. The Morgan fingerprint density at radius 3 is 2.32 bits per heavy atom. The first kappa shape index (κ1) is 26.4. The SMILES string of the molecule is CC(C)NC(=O)C1N([C@H](CO)c2ccccc2)C(=O)[C@@H]2[C@@H](C(=O)NCc3ccccc3)[C@]3(C)OC12CC3C. The highest BCUT2D eigenvalue weighted by atomic mass is 16.5. The van der Waals surface area contributed by atoms with E-state index in [1.165, 1.54) is 4.90 Å². The molecule has 0 aliphatic carbocycles. The number of amides is 3. The maximum absolute atomic E-state index is 14.4. The molecule has 3 saturated heterocycles. The van der Waals surface area contributed by atoms with Crippen molar-refractivity contribution >= 4 is 17.7 Å². The summed E-state index contributed by atoms with van der Waals surface area (Å²) in [6.07, 6.45) is 0.474. The second-order valence-electron chi connectivity index (χ2n) is 11.4. The first-order valence-electron chi connectivity index (χ1n) is 13.4. The van der Waals surface area contributed by atoms with Gasteiger partial charge in [-0.25, -0.2) is 0 Å². The molecule has 202 valence electrons. The van der Waals surface area contributed by atoms with Crippen LogP contribution in [0.5, 0.6) is 0 Å². The Balaban J connectivity index is 1.56. The lowest BCUT2D eigenvalue weighted by Gasteiger charge is -2.37. The van der Waals surface area contributed by atoms with Gasteiger partial charge in [0.05, 0.1) is 30.1 Å². The van der Waals surface area contributed by atoms with Crippen LogP contribution in [-0.4, -0.2) is 57.6 Å². The third-order valence-corrected chi connectivity index (χ3v) is 8.72. The normalized spacial score (nSPS) is 32.4. The monoisotopic (exact) mass is 519 g/mol. The second-order valence-corrected chi connectivity index (χ2v) is 11.4. The van der Waals surface area contributed by atoms with Gasteiger partial charge < -0.3 is 25.4 Å². The standard InChI is InChI=1S/C30H37N3O5/c1-18(2)32-27(36)25-30-15-19(3)29(4,38-30)23(26(35)31-16-20-11-7-5-8-12-20)24(30)28(37)33(25)22(17-34)21-13-9-6-10-14-21/h5-14,18-19,22-25,34H,15-17H2,1-4H3,(H,31,35)(H,32,36)/t19?,22-,23+,24+,25?,29-,30?/m1/s1. The van der Waals surface area contributed by atoms with E-state index >= 15 is 0 Å². The summed E-state index contributed by atoms with van der Waals surface area (Å²) in [7, 11) is 0. The summed E-state index contributed by atoms with van der Waals surface area (Å²) in [4.78, 5) is 43.5. The molecule has 3 aliphatic rings. The number of nitrogens with zero attached hydrogens (tertiary/aromatic N) is 1. The van der Waals surface area contributed by atoms with Crippen molar-refractivity contribution in [3.63, 3.8) is 0 Å². The van der Waals surface area contributed by atoms with Gasteiger partial charge in [0.25, 0.3) is 0 Å². The van der Waals surface area contributed by atoms with Gasteiger partial charge in [-0.05, 0) is 44.2 Å². The lowest BCUT2D eigenvalue weighted by molar-refractivity contribution is -0.151. The molecule has 3 aliphatic heterocycles. The van der Waals surface area contributed by atoms with E-state index < -0.39 is 35.1 Å². The molecule has 3 heterocycles. The number of hydrogen-bond donors (Lipinski definition) is 3. The molecule has 8 heteroatoms. The van der Waals surface area contributed by atoms with Gasteiger partial charge in [0.2, 0.25) is 17.7 Å². The van der Waals surface area contributed by atoms with Gasteiger partial charge in [-0.1, -0.05) is 67.6 Å². The fourth-order valence-electron chi connectivity index (χ4n) is 7.00. The Morgan fingerprint density at radius 2 is 1.71 bits per heavy atom. The minimum atomic E-state index is -1.17. The number of benzene rings is 2. The molecule has 8 nitrogen and oxygen atoms in total. The largest absolute Gasteiger partial charge is 0.394 e. The van der Waals surface area contributed by atoms with Crippen LogP contribution >= 0.6 is 0 Å². The van der Waals surface area contributed by atoms with Crippen molar-refractivity contribution in [1.29, 1.82) is 0 Å². The Bertz CT molecular complexity index is 1200. The van der Waals surface area contributed by atoms with Gasteiger partial charge in [0, 0.05) is 12.6 Å². The van der Waals surface area contributed by atoms with Crippen LogP contribution in [0.4, 0.5) is 0 Å². The fraction of sp³-hybridized carbons (Fsp3) is 0.500. The second kappa shape index (κ2) is 9.82. The van der Waals surface area contributed by atoms with Crippen LogP contribution in [0.3, 0.4) is 0 Å². The predicted molar refractivity (Wildman–Crippen MR) is 141 cm³/mol. The quantitative estimate of drug-likeness (QED) is 0.497. The third-order valence-electron chi connectivity index (χ3n) is 8.72. The first-order chi connectivity index (χ1) is 18.1. The number of aliphatic hydroxyl groups excluding tert-OH is 1. The molecular formula is C30H37N3O5. The molecule has 7 atom stereocenters. The number of likely N-dealkylation sites (tertiary alicyclic amines) is 1. The zero-order valence-electron chi connectivity index (χ0n) is 22.4. The lowest BCUT2D eigenvalue weighted by Crippen LogP contribution is -2.57. The van der Waals surface area contributed by atoms with Gasteiger partial charge in [-0.3, -0.25) is 14.4 Å². The number of hydrogen-bond acceptors (Lipinski definition) is 5. The number of ether oxygens (including phenoxy) is 1. The van der Waals surface area contributed by atoms with Gasteiger partial charge in [-0.2, -0.15) is 0 Å². The van der Waals surface area contributed by atoms with Gasteiger partial charge >= 0.3 is 0 Å². The van der Waals surface area contributed by atoms with Crippen LogP contribution in [0.25, 0.3) is 0 Å².